The summed E-state index contributed by atoms with van der Waals surface area (Å²) >= 11 is 0. The average molecular weight is 482 g/mol. The fourth-order valence-electron chi connectivity index (χ4n) is 2.97. The van der Waals surface area contributed by atoms with Crippen molar-refractivity contribution in [3.05, 3.63) is 72.2 Å². The van der Waals surface area contributed by atoms with Crippen LogP contribution in [0.1, 0.15) is 16.1 Å². The fraction of sp³-hybridized carbons (Fsp3) is 0.240. The summed E-state index contributed by atoms with van der Waals surface area (Å²) in [4.78, 5) is 38.2. The number of amides is 2. The van der Waals surface area contributed by atoms with Crippen LogP contribution in [0.25, 0.3) is 0 Å². The second-order valence-corrected chi connectivity index (χ2v) is 7.34. The molecule has 0 saturated carbocycles. The van der Waals surface area contributed by atoms with Crippen molar-refractivity contribution in [2.75, 3.05) is 39.8 Å². The van der Waals surface area contributed by atoms with Gasteiger partial charge in [0, 0.05) is 12.7 Å². The molecule has 2 amide bonds. The molecule has 0 spiro atoms. The summed E-state index contributed by atoms with van der Waals surface area (Å²) in [5.74, 6) is 0.327. The second kappa shape index (κ2) is 12.1. The van der Waals surface area contributed by atoms with Crippen molar-refractivity contribution in [3.63, 3.8) is 0 Å². The zero-order valence-corrected chi connectivity index (χ0v) is 19.6. The molecular formula is C25H26N2O8. The molecule has 0 saturated heterocycles. The Hall–Kier alpha value is -4.47. The van der Waals surface area contributed by atoms with Gasteiger partial charge >= 0.3 is 5.97 Å². The molecule has 0 fully saturated rings. The van der Waals surface area contributed by atoms with Gasteiger partial charge in [0.2, 0.25) is 0 Å². The minimum absolute atomic E-state index is 0.165. The number of hydrogen-bond acceptors (Lipinski definition) is 8. The maximum Gasteiger partial charge on any atom is 0.338 e. The van der Waals surface area contributed by atoms with Gasteiger partial charge < -0.3 is 33.6 Å². The smallest absolute Gasteiger partial charge is 0.338 e. The SMILES string of the molecule is COc1ccc(NC(=O)COc2ccc(C(=O)OCC(=O)N(C)Cc3ccco3)cc2OC)cc1. The van der Waals surface area contributed by atoms with Gasteiger partial charge in [-0.05, 0) is 54.6 Å². The summed E-state index contributed by atoms with van der Waals surface area (Å²) in [5, 5.41) is 2.70. The predicted molar refractivity (Wildman–Crippen MR) is 126 cm³/mol. The van der Waals surface area contributed by atoms with Crippen molar-refractivity contribution in [1.82, 2.24) is 4.90 Å². The highest BCUT2D eigenvalue weighted by Crippen LogP contribution is 2.28. The predicted octanol–water partition coefficient (Wildman–Crippen LogP) is 3.13. The van der Waals surface area contributed by atoms with E-state index in [1.54, 1.807) is 50.6 Å². The van der Waals surface area contributed by atoms with E-state index in [1.807, 2.05) is 0 Å². The lowest BCUT2D eigenvalue weighted by atomic mass is 10.2. The molecule has 3 rings (SSSR count). The molecule has 10 nitrogen and oxygen atoms in total. The molecule has 1 heterocycles. The van der Waals surface area contributed by atoms with E-state index in [0.29, 0.717) is 17.2 Å². The largest absolute Gasteiger partial charge is 0.497 e. The Morgan fingerprint density at radius 1 is 0.943 bits per heavy atom. The first kappa shape index (κ1) is 25.2. The molecule has 0 bridgehead atoms. The summed E-state index contributed by atoms with van der Waals surface area (Å²) in [6.07, 6.45) is 1.52. The van der Waals surface area contributed by atoms with E-state index in [2.05, 4.69) is 5.32 Å². The maximum atomic E-state index is 12.4. The third kappa shape index (κ3) is 7.26. The molecular weight excluding hydrogens is 456 g/mol. The highest BCUT2D eigenvalue weighted by Gasteiger charge is 2.17. The molecule has 3 aromatic rings. The summed E-state index contributed by atoms with van der Waals surface area (Å²) in [6, 6.07) is 14.7. The van der Waals surface area contributed by atoms with E-state index in [-0.39, 0.29) is 42.0 Å². The minimum Gasteiger partial charge on any atom is -0.497 e. The Balaban J connectivity index is 1.51. The Labute approximate surface area is 202 Å². The Morgan fingerprint density at radius 2 is 1.71 bits per heavy atom. The molecule has 184 valence electrons. The topological polar surface area (TPSA) is 117 Å². The van der Waals surface area contributed by atoms with Crippen LogP contribution < -0.4 is 19.5 Å². The first-order valence-corrected chi connectivity index (χ1v) is 10.6. The van der Waals surface area contributed by atoms with E-state index in [1.165, 1.54) is 36.5 Å². The van der Waals surface area contributed by atoms with E-state index in [4.69, 9.17) is 23.4 Å². The number of ether oxygens (including phenoxy) is 4. The van der Waals surface area contributed by atoms with E-state index < -0.39 is 12.6 Å². The molecule has 0 aliphatic rings. The Kier molecular flexibility index (Phi) is 8.71. The summed E-state index contributed by atoms with van der Waals surface area (Å²) in [6.45, 7) is -0.444. The number of hydrogen-bond donors (Lipinski definition) is 1. The lowest BCUT2D eigenvalue weighted by Gasteiger charge is -2.16. The first-order chi connectivity index (χ1) is 16.9. The van der Waals surface area contributed by atoms with Crippen LogP contribution in [0.5, 0.6) is 17.2 Å². The molecule has 2 aromatic carbocycles. The van der Waals surface area contributed by atoms with Gasteiger partial charge in [-0.2, -0.15) is 0 Å². The Morgan fingerprint density at radius 3 is 2.37 bits per heavy atom. The number of esters is 1. The molecule has 10 heteroatoms. The van der Waals surface area contributed by atoms with Gasteiger partial charge in [0.25, 0.3) is 11.8 Å². The van der Waals surface area contributed by atoms with Crippen LogP contribution in [0.2, 0.25) is 0 Å². The molecule has 0 radical (unpaired) electrons. The van der Waals surface area contributed by atoms with Crippen molar-refractivity contribution >= 4 is 23.5 Å². The van der Waals surface area contributed by atoms with Crippen LogP contribution in [0.15, 0.2) is 65.3 Å². The Bertz CT molecular complexity index is 1140. The third-order valence-corrected chi connectivity index (χ3v) is 4.86. The lowest BCUT2D eigenvalue weighted by Crippen LogP contribution is -2.30. The molecule has 35 heavy (non-hydrogen) atoms. The fourth-order valence-corrected chi connectivity index (χ4v) is 2.97. The number of furan rings is 1. The van der Waals surface area contributed by atoms with E-state index >= 15 is 0 Å². The number of methoxy groups -OCH3 is 2. The number of carbonyl (C=O) groups is 3. The summed E-state index contributed by atoms with van der Waals surface area (Å²) in [7, 11) is 4.54. The molecule has 0 atom stereocenters. The molecule has 1 aromatic heterocycles. The average Bonchev–Trinajstić information content (AvgIpc) is 3.39. The van der Waals surface area contributed by atoms with Gasteiger partial charge in [-0.15, -0.1) is 0 Å². The van der Waals surface area contributed by atoms with Crippen molar-refractivity contribution < 1.29 is 37.7 Å². The van der Waals surface area contributed by atoms with Crippen molar-refractivity contribution in [2.45, 2.75) is 6.54 Å². The van der Waals surface area contributed by atoms with Crippen LogP contribution in [0.4, 0.5) is 5.69 Å². The molecule has 1 N–H and O–H groups in total. The molecule has 0 unspecified atom stereocenters. The summed E-state index contributed by atoms with van der Waals surface area (Å²) in [5.41, 5.74) is 0.757. The van der Waals surface area contributed by atoms with Gasteiger partial charge in [0.1, 0.15) is 11.5 Å². The van der Waals surface area contributed by atoms with E-state index in [9.17, 15) is 14.4 Å². The van der Waals surface area contributed by atoms with Gasteiger partial charge in [0.15, 0.2) is 24.7 Å². The number of anilines is 1. The van der Waals surface area contributed by atoms with E-state index in [0.717, 1.165) is 0 Å². The zero-order valence-electron chi connectivity index (χ0n) is 19.6. The molecule has 0 aliphatic heterocycles. The highest BCUT2D eigenvalue weighted by molar-refractivity contribution is 5.93. The van der Waals surface area contributed by atoms with Gasteiger partial charge in [-0.1, -0.05) is 0 Å². The lowest BCUT2D eigenvalue weighted by molar-refractivity contribution is -0.134. The monoisotopic (exact) mass is 482 g/mol. The van der Waals surface area contributed by atoms with Crippen LogP contribution in [-0.2, 0) is 20.9 Å². The zero-order chi connectivity index (χ0) is 25.2. The maximum absolute atomic E-state index is 12.4. The number of nitrogens with zero attached hydrogens (tertiary/aromatic N) is 1. The second-order valence-electron chi connectivity index (χ2n) is 7.34. The first-order valence-electron chi connectivity index (χ1n) is 10.6. The van der Waals surface area contributed by atoms with Crippen LogP contribution >= 0.6 is 0 Å². The van der Waals surface area contributed by atoms with Gasteiger partial charge in [-0.3, -0.25) is 9.59 Å². The van der Waals surface area contributed by atoms with Gasteiger partial charge in [-0.25, -0.2) is 4.79 Å². The van der Waals surface area contributed by atoms with Crippen LogP contribution in [-0.4, -0.2) is 57.2 Å². The standard InChI is InChI=1S/C25H26N2O8/c1-27(14-20-5-4-12-33-20)24(29)16-35-25(30)17-6-11-21(22(13-17)32-3)34-15-23(28)26-18-7-9-19(31-2)10-8-18/h4-13H,14-16H2,1-3H3,(H,26,28). The van der Waals surface area contributed by atoms with Crippen LogP contribution in [0, 0.1) is 0 Å². The minimum atomic E-state index is -0.702. The normalized spacial score (nSPS) is 10.3. The number of likely N-dealkylation sites (N-methyl/N-ethyl adjacent to an activating group) is 1. The number of nitrogens with one attached hydrogen (secondary N) is 1. The molecule has 0 aliphatic carbocycles. The quantitative estimate of drug-likeness (QED) is 0.415. The van der Waals surface area contributed by atoms with Gasteiger partial charge in [0.05, 0.1) is 32.6 Å². The van der Waals surface area contributed by atoms with Crippen LogP contribution in [0.3, 0.4) is 0 Å². The van der Waals surface area contributed by atoms with Crippen molar-refractivity contribution in [1.29, 1.82) is 0 Å². The number of carbonyl (C=O) groups excluding carboxylic acids is 3. The van der Waals surface area contributed by atoms with Crippen molar-refractivity contribution in [2.24, 2.45) is 0 Å². The number of rotatable bonds is 11. The van der Waals surface area contributed by atoms with Crippen molar-refractivity contribution in [3.8, 4) is 17.2 Å². The third-order valence-electron chi connectivity index (χ3n) is 4.86. The summed E-state index contributed by atoms with van der Waals surface area (Å²) < 4.78 is 26.2. The number of benzene rings is 2. The highest BCUT2D eigenvalue weighted by atomic mass is 16.5.